The molecule has 0 aromatic heterocycles. The van der Waals surface area contributed by atoms with Gasteiger partial charge in [-0.15, -0.1) is 0 Å². The van der Waals surface area contributed by atoms with Crippen LogP contribution in [0, 0.1) is 0 Å². The van der Waals surface area contributed by atoms with Crippen molar-refractivity contribution in [3.05, 3.63) is 0 Å². The van der Waals surface area contributed by atoms with Gasteiger partial charge < -0.3 is 0 Å². The topological polar surface area (TPSA) is 205 Å². The predicted octanol–water partition coefficient (Wildman–Crippen LogP) is -3.29. The summed E-state index contributed by atoms with van der Waals surface area (Å²) in [6.07, 6.45) is 0. The number of hydrogen-bond acceptors (Lipinski definition) is 12. The zero-order valence-electron chi connectivity index (χ0n) is 12.5. The first-order valence-electron chi connectivity index (χ1n) is 5.28. The molecule has 0 saturated heterocycles. The second-order valence-corrected chi connectivity index (χ2v) is 18.7. The van der Waals surface area contributed by atoms with Gasteiger partial charge >= 0.3 is 141 Å². The van der Waals surface area contributed by atoms with Crippen LogP contribution in [0.3, 0.4) is 0 Å². The molecule has 14 heteroatoms. The molecule has 0 aliphatic rings. The van der Waals surface area contributed by atoms with Crippen LogP contribution in [0.1, 0.15) is 0 Å². The van der Waals surface area contributed by atoms with E-state index < -0.39 is 83.7 Å². The molecule has 0 N–H and O–H groups in total. The van der Waals surface area contributed by atoms with Crippen LogP contribution < -0.4 is 0 Å². The summed E-state index contributed by atoms with van der Waals surface area (Å²) in [5, 5.41) is -5.25. The maximum atomic E-state index is 10.5. The van der Waals surface area contributed by atoms with Gasteiger partial charge in [0.15, 0.2) is 0 Å². The Kier molecular flexibility index (Phi) is 6.26. The van der Waals surface area contributed by atoms with Gasteiger partial charge in [-0.1, -0.05) is 0 Å². The molecule has 0 bridgehead atoms. The summed E-state index contributed by atoms with van der Waals surface area (Å²) in [6, 6.07) is 0. The molecule has 0 unspecified atom stereocenters. The second kappa shape index (κ2) is 6.42. The average molecular weight is 460 g/mol. The molecule has 0 rings (SSSR count). The van der Waals surface area contributed by atoms with E-state index in [0.717, 1.165) is 0 Å². The molecule has 0 atom stereocenters. The molecule has 0 aromatic rings. The van der Waals surface area contributed by atoms with Crippen molar-refractivity contribution < 1.29 is 79.0 Å². The normalized spacial score (nSPS) is 15.7. The van der Waals surface area contributed by atoms with Gasteiger partial charge in [0.05, 0.1) is 0 Å². The van der Waals surface area contributed by atoms with Crippen LogP contribution in [0.25, 0.3) is 0 Å². The fourth-order valence-corrected chi connectivity index (χ4v) is 2.43. The van der Waals surface area contributed by atoms with E-state index in [1.807, 2.05) is 0 Å². The van der Waals surface area contributed by atoms with Gasteiger partial charge in [0.2, 0.25) is 0 Å². The van der Waals surface area contributed by atoms with Gasteiger partial charge in [-0.3, -0.25) is 0 Å². The van der Waals surface area contributed by atoms with E-state index in [1.165, 1.54) is 0 Å². The molecule has 148 valence electrons. The van der Waals surface area contributed by atoms with Crippen LogP contribution in [0.15, 0.2) is 0 Å². The summed E-state index contributed by atoms with van der Waals surface area (Å²) in [4.78, 5) is 126. The quantitative estimate of drug-likeness (QED) is 0.208. The van der Waals surface area contributed by atoms with Crippen LogP contribution in [-0.2, 0) is 79.0 Å². The third-order valence-corrected chi connectivity index (χ3v) is 11.9. The first kappa shape index (κ1) is 25.3. The fourth-order valence-electron chi connectivity index (χ4n) is 0.589. The molecule has 0 aromatic carbocycles. The monoisotopic (exact) mass is 460 g/mol. The van der Waals surface area contributed by atoms with E-state index in [1.54, 1.807) is 0 Å². The average Bonchev–Trinajstić information content (AvgIpc) is 2.77. The summed E-state index contributed by atoms with van der Waals surface area (Å²) in [7, 11) is -12.2. The number of carbonyl (C=O) groups is 12. The third-order valence-electron chi connectivity index (χ3n) is 2.89. The summed E-state index contributed by atoms with van der Waals surface area (Å²) in [6.45, 7) is 0. The first-order chi connectivity index (χ1) is 11.9. The molecule has 0 spiro atoms. The molecule has 0 fully saturated rings. The van der Waals surface area contributed by atoms with E-state index in [-0.39, 0.29) is 0 Å². The van der Waals surface area contributed by atoms with E-state index >= 15 is 0 Å². The fraction of sp³-hybridized carbons (Fsp3) is 0. The summed E-state index contributed by atoms with van der Waals surface area (Å²) in [5.74, 6) is 0. The van der Waals surface area contributed by atoms with Gasteiger partial charge in [-0.05, 0) is 0 Å². The van der Waals surface area contributed by atoms with Crippen molar-refractivity contribution in [1.29, 1.82) is 0 Å². The summed E-state index contributed by atoms with van der Waals surface area (Å²) < 4.78 is 0. The van der Waals surface area contributed by atoms with E-state index in [4.69, 9.17) is 0 Å². The second-order valence-electron chi connectivity index (χ2n) is 4.54. The first-order valence-corrected chi connectivity index (χ1v) is 12.9. The Morgan fingerprint density at radius 2 is 0.308 bits per heavy atom. The summed E-state index contributed by atoms with van der Waals surface area (Å²) >= 11 is 0. The van der Waals surface area contributed by atoms with E-state index in [9.17, 15) is 57.5 Å². The van der Waals surface area contributed by atoms with Gasteiger partial charge in [0, 0.05) is 0 Å². The maximum absolute atomic E-state index is 10.5. The number of rotatable bonds is 12. The third kappa shape index (κ3) is 2.61. The summed E-state index contributed by atoms with van der Waals surface area (Å²) in [5.41, 5.74) is 0. The Hall–Kier alpha value is -2.92. The van der Waals surface area contributed by atoms with Crippen molar-refractivity contribution >= 4 is 62.2 Å². The Labute approximate surface area is 141 Å². The van der Waals surface area contributed by atoms with Crippen molar-refractivity contribution in [1.82, 2.24) is 0 Å². The zero-order chi connectivity index (χ0) is 21.3. The van der Waals surface area contributed by atoms with Crippen LogP contribution in [0.5, 0.6) is 0 Å². The number of hydrogen-bond donors (Lipinski definition) is 0. The molecule has 0 aliphatic heterocycles. The van der Waals surface area contributed by atoms with Crippen molar-refractivity contribution in [3.63, 3.8) is 0 Å². The molecule has 0 heterocycles. The van der Waals surface area contributed by atoms with Crippen LogP contribution in [0.2, 0.25) is 0 Å². The van der Waals surface area contributed by atoms with Gasteiger partial charge in [0.1, 0.15) is 0 Å². The molecular formula is C12H12Fe2O12. The molecule has 0 radical (unpaired) electrons. The van der Waals surface area contributed by atoms with Crippen molar-refractivity contribution in [2.45, 2.75) is 0 Å². The SMILES string of the molecule is O=[CH][Fe]([CH]=O)([CH]=O)([CH]=O)([CH]=O)[CH]=O.O=[CH][Fe]([CH]=O)([CH]=O)([CH]=O)([CH]=O)[CH]=O. The minimum absolute atomic E-state index is 0.438. The van der Waals surface area contributed by atoms with Crippen molar-refractivity contribution in [2.75, 3.05) is 0 Å². The van der Waals surface area contributed by atoms with Crippen LogP contribution in [0.4, 0.5) is 0 Å². The molecule has 0 saturated carbocycles. The molecule has 0 amide bonds. The predicted molar refractivity (Wildman–Crippen MR) is 81.0 cm³/mol. The van der Waals surface area contributed by atoms with Gasteiger partial charge in [-0.2, -0.15) is 0 Å². The standard InChI is InChI=1S/12CHO.2Fe/c12*1-2;;/h12*1H;;. The Balaban J connectivity index is 0. The molecule has 12 nitrogen and oxygen atoms in total. The van der Waals surface area contributed by atoms with Gasteiger partial charge in [0.25, 0.3) is 0 Å². The van der Waals surface area contributed by atoms with E-state index in [0.29, 0.717) is 0 Å². The van der Waals surface area contributed by atoms with Crippen molar-refractivity contribution in [2.24, 2.45) is 0 Å². The van der Waals surface area contributed by atoms with E-state index in [2.05, 4.69) is 0 Å². The minimum atomic E-state index is -6.08. The number of carbonyl (C=O) groups excluding carboxylic acids is 12. The van der Waals surface area contributed by atoms with Crippen LogP contribution in [-0.4, -0.2) is 62.2 Å². The zero-order valence-corrected chi connectivity index (χ0v) is 14.7. The Morgan fingerprint density at radius 3 is 0.308 bits per heavy atom. The van der Waals surface area contributed by atoms with Crippen LogP contribution >= 0.6 is 0 Å². The molecular weight excluding hydrogens is 448 g/mol. The Morgan fingerprint density at radius 1 is 0.231 bits per heavy atom. The Bertz CT molecular complexity index is 532. The molecule has 26 heavy (non-hydrogen) atoms. The molecule has 0 aliphatic carbocycles. The van der Waals surface area contributed by atoms with Crippen molar-refractivity contribution in [3.8, 4) is 0 Å². The van der Waals surface area contributed by atoms with Gasteiger partial charge in [-0.25, -0.2) is 0 Å².